The van der Waals surface area contributed by atoms with Gasteiger partial charge in [0, 0.05) is 5.56 Å². The van der Waals surface area contributed by atoms with Crippen molar-refractivity contribution in [3.05, 3.63) is 83.4 Å². The van der Waals surface area contributed by atoms with Gasteiger partial charge in [-0.25, -0.2) is 4.79 Å². The third kappa shape index (κ3) is 4.57. The van der Waals surface area contributed by atoms with Crippen molar-refractivity contribution < 1.29 is 33.3 Å². The summed E-state index contributed by atoms with van der Waals surface area (Å²) in [6.07, 6.45) is 3.16. The molecule has 7 heteroatoms. The standard InChI is InChI=1S/C25H20O7/c1-28-21-11-4-16(13-23(21)29-2)3-10-20(26)17-5-8-19(9-6-17)32-25(27)18-7-12-22-24(14-18)31-15-30-22/h3-14H,15H2,1-2H3/b10-3+. The third-order valence-electron chi connectivity index (χ3n) is 4.79. The smallest absolute Gasteiger partial charge is 0.343 e. The molecule has 0 N–H and O–H groups in total. The van der Waals surface area contributed by atoms with E-state index in [1.54, 1.807) is 74.9 Å². The summed E-state index contributed by atoms with van der Waals surface area (Å²) < 4.78 is 26.4. The van der Waals surface area contributed by atoms with Crippen LogP contribution in [0.2, 0.25) is 0 Å². The highest BCUT2D eigenvalue weighted by Crippen LogP contribution is 2.33. The lowest BCUT2D eigenvalue weighted by molar-refractivity contribution is 0.0734. The van der Waals surface area contributed by atoms with Gasteiger partial charge in [0.1, 0.15) is 5.75 Å². The maximum atomic E-state index is 12.5. The number of hydrogen-bond acceptors (Lipinski definition) is 7. The van der Waals surface area contributed by atoms with Gasteiger partial charge >= 0.3 is 5.97 Å². The van der Waals surface area contributed by atoms with E-state index in [2.05, 4.69) is 0 Å². The number of esters is 1. The predicted molar refractivity (Wildman–Crippen MR) is 117 cm³/mol. The molecule has 0 aromatic heterocycles. The molecule has 4 rings (SSSR count). The molecule has 0 unspecified atom stereocenters. The Morgan fingerprint density at radius 3 is 2.28 bits per heavy atom. The SMILES string of the molecule is COc1ccc(/C=C/C(=O)c2ccc(OC(=O)c3ccc4c(c3)OCO4)cc2)cc1OC. The summed E-state index contributed by atoms with van der Waals surface area (Å²) in [4.78, 5) is 24.9. The van der Waals surface area contributed by atoms with Crippen molar-refractivity contribution in [1.29, 1.82) is 0 Å². The largest absolute Gasteiger partial charge is 0.493 e. The molecule has 162 valence electrons. The molecule has 1 aliphatic rings. The minimum absolute atomic E-state index is 0.129. The Labute approximate surface area is 184 Å². The van der Waals surface area contributed by atoms with E-state index in [-0.39, 0.29) is 12.6 Å². The van der Waals surface area contributed by atoms with Crippen molar-refractivity contribution in [3.63, 3.8) is 0 Å². The van der Waals surface area contributed by atoms with Gasteiger partial charge in [-0.3, -0.25) is 4.79 Å². The van der Waals surface area contributed by atoms with Gasteiger partial charge in [-0.2, -0.15) is 0 Å². The van der Waals surface area contributed by atoms with E-state index in [4.69, 9.17) is 23.7 Å². The number of methoxy groups -OCH3 is 2. The summed E-state index contributed by atoms with van der Waals surface area (Å²) in [5.74, 6) is 1.89. The first-order valence-corrected chi connectivity index (χ1v) is 9.73. The number of carbonyl (C=O) groups excluding carboxylic acids is 2. The van der Waals surface area contributed by atoms with Crippen LogP contribution < -0.4 is 23.7 Å². The number of ketones is 1. The van der Waals surface area contributed by atoms with E-state index in [9.17, 15) is 9.59 Å². The lowest BCUT2D eigenvalue weighted by Gasteiger charge is -2.07. The van der Waals surface area contributed by atoms with E-state index in [1.807, 2.05) is 6.07 Å². The molecular weight excluding hydrogens is 412 g/mol. The zero-order chi connectivity index (χ0) is 22.5. The quantitative estimate of drug-likeness (QED) is 0.235. The number of ether oxygens (including phenoxy) is 5. The molecule has 1 heterocycles. The molecular formula is C25H20O7. The third-order valence-corrected chi connectivity index (χ3v) is 4.79. The summed E-state index contributed by atoms with van der Waals surface area (Å²) in [6.45, 7) is 0.129. The summed E-state index contributed by atoms with van der Waals surface area (Å²) in [6, 6.07) is 16.6. The molecule has 32 heavy (non-hydrogen) atoms. The first-order chi connectivity index (χ1) is 15.6. The number of hydrogen-bond donors (Lipinski definition) is 0. The maximum absolute atomic E-state index is 12.5. The average Bonchev–Trinajstić information content (AvgIpc) is 3.30. The number of allylic oxidation sites excluding steroid dienone is 1. The zero-order valence-corrected chi connectivity index (χ0v) is 17.5. The molecule has 3 aromatic carbocycles. The van der Waals surface area contributed by atoms with Crippen LogP contribution in [0.25, 0.3) is 6.08 Å². The molecule has 0 atom stereocenters. The summed E-state index contributed by atoms with van der Waals surface area (Å²) >= 11 is 0. The van der Waals surface area contributed by atoms with Crippen LogP contribution >= 0.6 is 0 Å². The molecule has 0 fully saturated rings. The molecule has 0 bridgehead atoms. The van der Waals surface area contributed by atoms with Gasteiger partial charge in [0.2, 0.25) is 6.79 Å². The van der Waals surface area contributed by atoms with E-state index >= 15 is 0 Å². The molecule has 1 aliphatic heterocycles. The summed E-state index contributed by atoms with van der Waals surface area (Å²) in [5.41, 5.74) is 1.60. The summed E-state index contributed by atoms with van der Waals surface area (Å²) in [7, 11) is 3.12. The molecule has 0 saturated heterocycles. The van der Waals surface area contributed by atoms with Crippen LogP contribution in [0.4, 0.5) is 0 Å². The Morgan fingerprint density at radius 1 is 0.812 bits per heavy atom. The second-order valence-corrected chi connectivity index (χ2v) is 6.79. The highest BCUT2D eigenvalue weighted by Gasteiger charge is 2.17. The lowest BCUT2D eigenvalue weighted by Crippen LogP contribution is -2.08. The predicted octanol–water partition coefficient (Wildman–Crippen LogP) is 4.55. The fraction of sp³-hybridized carbons (Fsp3) is 0.120. The van der Waals surface area contributed by atoms with Crippen LogP contribution in [-0.4, -0.2) is 32.8 Å². The molecule has 0 spiro atoms. The number of carbonyl (C=O) groups is 2. The lowest BCUT2D eigenvalue weighted by atomic mass is 10.1. The number of benzene rings is 3. The number of fused-ring (bicyclic) bond motifs is 1. The molecule has 0 aliphatic carbocycles. The van der Waals surface area contributed by atoms with Gasteiger partial charge < -0.3 is 23.7 Å². The Morgan fingerprint density at radius 2 is 1.53 bits per heavy atom. The average molecular weight is 432 g/mol. The maximum Gasteiger partial charge on any atom is 0.343 e. The van der Waals surface area contributed by atoms with E-state index < -0.39 is 5.97 Å². The van der Waals surface area contributed by atoms with E-state index in [0.717, 1.165) is 5.56 Å². The molecule has 7 nitrogen and oxygen atoms in total. The Balaban J connectivity index is 1.40. The molecule has 0 amide bonds. The van der Waals surface area contributed by atoms with Crippen LogP contribution in [0.1, 0.15) is 26.3 Å². The van der Waals surface area contributed by atoms with Crippen molar-refractivity contribution in [2.75, 3.05) is 21.0 Å². The second kappa shape index (κ2) is 9.26. The van der Waals surface area contributed by atoms with Crippen LogP contribution in [0, 0.1) is 0 Å². The van der Waals surface area contributed by atoms with Crippen molar-refractivity contribution in [2.24, 2.45) is 0 Å². The minimum Gasteiger partial charge on any atom is -0.493 e. The van der Waals surface area contributed by atoms with Crippen molar-refractivity contribution in [2.45, 2.75) is 0 Å². The van der Waals surface area contributed by atoms with Crippen LogP contribution in [0.5, 0.6) is 28.7 Å². The van der Waals surface area contributed by atoms with Crippen LogP contribution in [-0.2, 0) is 0 Å². The van der Waals surface area contributed by atoms with E-state index in [0.29, 0.717) is 39.9 Å². The van der Waals surface area contributed by atoms with Gasteiger partial charge in [-0.05, 0) is 66.2 Å². The van der Waals surface area contributed by atoms with Gasteiger partial charge in [0.25, 0.3) is 0 Å². The normalized spacial score (nSPS) is 11.9. The van der Waals surface area contributed by atoms with Crippen molar-refractivity contribution in [3.8, 4) is 28.7 Å². The number of rotatable bonds is 7. The molecule has 0 saturated carbocycles. The first-order valence-electron chi connectivity index (χ1n) is 9.73. The van der Waals surface area contributed by atoms with Crippen LogP contribution in [0.15, 0.2) is 66.7 Å². The van der Waals surface area contributed by atoms with E-state index in [1.165, 1.54) is 6.08 Å². The Kier molecular flexibility index (Phi) is 6.07. The van der Waals surface area contributed by atoms with Crippen molar-refractivity contribution >= 4 is 17.8 Å². The van der Waals surface area contributed by atoms with Gasteiger partial charge in [-0.15, -0.1) is 0 Å². The first kappa shape index (κ1) is 21.0. The fourth-order valence-electron chi connectivity index (χ4n) is 3.10. The van der Waals surface area contributed by atoms with Gasteiger partial charge in [0.05, 0.1) is 19.8 Å². The molecule has 3 aromatic rings. The Hall–Kier alpha value is -4.26. The van der Waals surface area contributed by atoms with Crippen LogP contribution in [0.3, 0.4) is 0 Å². The van der Waals surface area contributed by atoms with Crippen molar-refractivity contribution in [1.82, 2.24) is 0 Å². The highest BCUT2D eigenvalue weighted by molar-refractivity contribution is 6.07. The monoisotopic (exact) mass is 432 g/mol. The minimum atomic E-state index is -0.532. The topological polar surface area (TPSA) is 80.3 Å². The molecule has 0 radical (unpaired) electrons. The highest BCUT2D eigenvalue weighted by atomic mass is 16.7. The summed E-state index contributed by atoms with van der Waals surface area (Å²) in [5, 5.41) is 0. The zero-order valence-electron chi connectivity index (χ0n) is 17.5. The van der Waals surface area contributed by atoms with Gasteiger partial charge in [-0.1, -0.05) is 12.1 Å². The van der Waals surface area contributed by atoms with Gasteiger partial charge in [0.15, 0.2) is 28.8 Å². The fourth-order valence-corrected chi connectivity index (χ4v) is 3.10. The second-order valence-electron chi connectivity index (χ2n) is 6.79. The Bertz CT molecular complexity index is 1180.